The van der Waals surface area contributed by atoms with Gasteiger partial charge < -0.3 is 4.52 Å². The minimum absolute atomic E-state index is 0.253. The standard InChI is InChI=1S/C11H10Cl2N2OS/c1-7(12)11-14-10(15-16-11)6-17-9-4-2-8(13)3-5-9/h2-5,7H,6H2,1H3. The summed E-state index contributed by atoms with van der Waals surface area (Å²) in [6.45, 7) is 1.80. The largest absolute Gasteiger partial charge is 0.338 e. The summed E-state index contributed by atoms with van der Waals surface area (Å²) < 4.78 is 5.01. The Labute approximate surface area is 113 Å². The summed E-state index contributed by atoms with van der Waals surface area (Å²) in [5.41, 5.74) is 0. The van der Waals surface area contributed by atoms with Crippen LogP contribution in [0.4, 0.5) is 0 Å². The summed E-state index contributed by atoms with van der Waals surface area (Å²) >= 11 is 13.3. The quantitative estimate of drug-likeness (QED) is 0.621. The summed E-state index contributed by atoms with van der Waals surface area (Å²) in [5, 5.41) is 4.33. The van der Waals surface area contributed by atoms with Crippen LogP contribution >= 0.6 is 35.0 Å². The molecule has 0 aliphatic carbocycles. The normalized spacial score (nSPS) is 12.6. The Morgan fingerprint density at radius 3 is 2.65 bits per heavy atom. The van der Waals surface area contributed by atoms with Crippen molar-refractivity contribution in [2.75, 3.05) is 0 Å². The first kappa shape index (κ1) is 12.7. The van der Waals surface area contributed by atoms with E-state index < -0.39 is 0 Å². The second-order valence-corrected chi connectivity index (χ2v) is 5.55. The van der Waals surface area contributed by atoms with Crippen LogP contribution in [0.3, 0.4) is 0 Å². The molecule has 0 bridgehead atoms. The SMILES string of the molecule is CC(Cl)c1nc(CSc2ccc(Cl)cc2)no1. The first-order valence-electron chi connectivity index (χ1n) is 5.00. The number of hydrogen-bond acceptors (Lipinski definition) is 4. The Kier molecular flexibility index (Phi) is 4.31. The van der Waals surface area contributed by atoms with Crippen molar-refractivity contribution in [3.8, 4) is 0 Å². The van der Waals surface area contributed by atoms with Crippen LogP contribution in [0.1, 0.15) is 24.0 Å². The zero-order valence-corrected chi connectivity index (χ0v) is 11.4. The van der Waals surface area contributed by atoms with Crippen LogP contribution < -0.4 is 0 Å². The highest BCUT2D eigenvalue weighted by Crippen LogP contribution is 2.24. The molecule has 0 aliphatic heterocycles. The lowest BCUT2D eigenvalue weighted by molar-refractivity contribution is 0.375. The third kappa shape index (κ3) is 3.63. The van der Waals surface area contributed by atoms with Gasteiger partial charge in [-0.25, -0.2) is 0 Å². The van der Waals surface area contributed by atoms with E-state index in [9.17, 15) is 0 Å². The minimum Gasteiger partial charge on any atom is -0.338 e. The van der Waals surface area contributed by atoms with Gasteiger partial charge in [0.2, 0.25) is 5.89 Å². The van der Waals surface area contributed by atoms with Crippen molar-refractivity contribution >= 4 is 35.0 Å². The van der Waals surface area contributed by atoms with Crippen molar-refractivity contribution in [2.24, 2.45) is 0 Å². The molecule has 0 aliphatic rings. The Bertz CT molecular complexity index is 484. The number of benzene rings is 1. The van der Waals surface area contributed by atoms with Crippen LogP contribution in [0, 0.1) is 0 Å². The molecule has 1 unspecified atom stereocenters. The summed E-state index contributed by atoms with van der Waals surface area (Å²) in [4.78, 5) is 5.30. The highest BCUT2D eigenvalue weighted by atomic mass is 35.5. The maximum Gasteiger partial charge on any atom is 0.244 e. The van der Waals surface area contributed by atoms with Crippen LogP contribution in [-0.4, -0.2) is 10.1 Å². The van der Waals surface area contributed by atoms with E-state index in [-0.39, 0.29) is 5.38 Å². The smallest absolute Gasteiger partial charge is 0.244 e. The van der Waals surface area contributed by atoms with Crippen molar-refractivity contribution in [1.82, 2.24) is 10.1 Å². The van der Waals surface area contributed by atoms with Crippen molar-refractivity contribution in [3.63, 3.8) is 0 Å². The van der Waals surface area contributed by atoms with Crippen molar-refractivity contribution < 1.29 is 4.52 Å². The van der Waals surface area contributed by atoms with Crippen molar-refractivity contribution in [3.05, 3.63) is 41.0 Å². The van der Waals surface area contributed by atoms with Gasteiger partial charge in [-0.3, -0.25) is 0 Å². The molecule has 90 valence electrons. The molecule has 2 aromatic rings. The molecule has 1 aromatic carbocycles. The topological polar surface area (TPSA) is 38.9 Å². The molecule has 0 spiro atoms. The molecule has 0 radical (unpaired) electrons. The predicted molar refractivity (Wildman–Crippen MR) is 69.6 cm³/mol. The number of halogens is 2. The molecule has 2 rings (SSSR count). The van der Waals surface area contributed by atoms with E-state index in [1.807, 2.05) is 24.3 Å². The Morgan fingerprint density at radius 1 is 1.35 bits per heavy atom. The third-order valence-electron chi connectivity index (χ3n) is 2.01. The molecular weight excluding hydrogens is 279 g/mol. The molecule has 3 nitrogen and oxygen atoms in total. The first-order chi connectivity index (χ1) is 8.15. The van der Waals surface area contributed by atoms with E-state index in [1.165, 1.54) is 0 Å². The third-order valence-corrected chi connectivity index (χ3v) is 3.45. The number of thioether (sulfide) groups is 1. The maximum atomic E-state index is 5.83. The van der Waals surface area contributed by atoms with E-state index in [1.54, 1.807) is 18.7 Å². The number of nitrogens with zero attached hydrogens (tertiary/aromatic N) is 2. The predicted octanol–water partition coefficient (Wildman–Crippen LogP) is 4.32. The van der Waals surface area contributed by atoms with E-state index in [0.717, 1.165) is 9.92 Å². The number of aromatic nitrogens is 2. The Hall–Kier alpha value is -0.710. The van der Waals surface area contributed by atoms with Crippen LogP contribution in [0.25, 0.3) is 0 Å². The highest BCUT2D eigenvalue weighted by molar-refractivity contribution is 7.98. The van der Waals surface area contributed by atoms with Crippen LogP contribution in [-0.2, 0) is 5.75 Å². The van der Waals surface area contributed by atoms with Gasteiger partial charge in [-0.05, 0) is 31.2 Å². The average molecular weight is 289 g/mol. The lowest BCUT2D eigenvalue weighted by Crippen LogP contribution is -1.86. The molecule has 1 aromatic heterocycles. The molecule has 17 heavy (non-hydrogen) atoms. The first-order valence-corrected chi connectivity index (χ1v) is 6.80. The monoisotopic (exact) mass is 288 g/mol. The van der Waals surface area contributed by atoms with Gasteiger partial charge in [0.15, 0.2) is 5.82 Å². The Morgan fingerprint density at radius 2 is 2.06 bits per heavy atom. The van der Waals surface area contributed by atoms with Crippen LogP contribution in [0.2, 0.25) is 5.02 Å². The zero-order valence-electron chi connectivity index (χ0n) is 9.06. The molecule has 0 amide bonds. The minimum atomic E-state index is -0.253. The zero-order chi connectivity index (χ0) is 12.3. The van der Waals surface area contributed by atoms with E-state index in [0.29, 0.717) is 17.5 Å². The van der Waals surface area contributed by atoms with Crippen LogP contribution in [0.5, 0.6) is 0 Å². The van der Waals surface area contributed by atoms with Gasteiger partial charge >= 0.3 is 0 Å². The summed E-state index contributed by atoms with van der Waals surface area (Å²) in [5.74, 6) is 1.75. The summed E-state index contributed by atoms with van der Waals surface area (Å²) in [6.07, 6.45) is 0. The van der Waals surface area contributed by atoms with Gasteiger partial charge in [0.05, 0.1) is 5.75 Å². The van der Waals surface area contributed by atoms with Gasteiger partial charge in [0.1, 0.15) is 5.38 Å². The maximum absolute atomic E-state index is 5.83. The van der Waals surface area contributed by atoms with Gasteiger partial charge in [0.25, 0.3) is 0 Å². The molecule has 6 heteroatoms. The average Bonchev–Trinajstić information content (AvgIpc) is 2.77. The second kappa shape index (κ2) is 5.76. The fraction of sp³-hybridized carbons (Fsp3) is 0.273. The van der Waals surface area contributed by atoms with E-state index >= 15 is 0 Å². The summed E-state index contributed by atoms with van der Waals surface area (Å²) in [6, 6.07) is 7.62. The second-order valence-electron chi connectivity index (χ2n) is 3.41. The molecule has 0 fully saturated rings. The van der Waals surface area contributed by atoms with Gasteiger partial charge in [-0.1, -0.05) is 16.8 Å². The lowest BCUT2D eigenvalue weighted by Gasteiger charge is -1.97. The lowest BCUT2D eigenvalue weighted by atomic mass is 10.4. The van der Waals surface area contributed by atoms with Gasteiger partial charge in [-0.15, -0.1) is 23.4 Å². The number of alkyl halides is 1. The van der Waals surface area contributed by atoms with Gasteiger partial charge in [-0.2, -0.15) is 4.98 Å². The molecular formula is C11H10Cl2N2OS. The highest BCUT2D eigenvalue weighted by Gasteiger charge is 2.11. The van der Waals surface area contributed by atoms with E-state index in [4.69, 9.17) is 27.7 Å². The number of hydrogen-bond donors (Lipinski definition) is 0. The fourth-order valence-corrected chi connectivity index (χ4v) is 2.12. The molecule has 1 heterocycles. The van der Waals surface area contributed by atoms with Crippen LogP contribution in [0.15, 0.2) is 33.7 Å². The Balaban J connectivity index is 1.95. The fourth-order valence-electron chi connectivity index (χ4n) is 1.17. The number of rotatable bonds is 4. The molecule has 1 atom stereocenters. The molecule has 0 N–H and O–H groups in total. The molecule has 0 saturated heterocycles. The summed E-state index contributed by atoms with van der Waals surface area (Å²) in [7, 11) is 0. The van der Waals surface area contributed by atoms with Gasteiger partial charge in [0, 0.05) is 9.92 Å². The van der Waals surface area contributed by atoms with E-state index in [2.05, 4.69) is 10.1 Å². The molecule has 0 saturated carbocycles. The van der Waals surface area contributed by atoms with Crippen molar-refractivity contribution in [1.29, 1.82) is 0 Å². The van der Waals surface area contributed by atoms with Crippen molar-refractivity contribution in [2.45, 2.75) is 22.9 Å².